The van der Waals surface area contributed by atoms with E-state index in [1.54, 1.807) is 36.7 Å². The molecule has 1 aromatic rings. The van der Waals surface area contributed by atoms with Crippen LogP contribution in [0, 0.1) is 0 Å². The summed E-state index contributed by atoms with van der Waals surface area (Å²) in [6.07, 6.45) is 2.88. The van der Waals surface area contributed by atoms with E-state index in [1.165, 1.54) is 0 Å². The molecule has 1 aliphatic rings. The average molecular weight is 342 g/mol. The van der Waals surface area contributed by atoms with Gasteiger partial charge in [0.1, 0.15) is 11.5 Å². The monoisotopic (exact) mass is 342 g/mol. The smallest absolute Gasteiger partial charge is 0.280 e. The molecular formula is C16H26N2O4S. The van der Waals surface area contributed by atoms with Crippen LogP contribution in [0.3, 0.4) is 0 Å². The number of hydrogen-bond donors (Lipinski definition) is 1. The largest absolute Gasteiger partial charge is 0.497 e. The van der Waals surface area contributed by atoms with E-state index in [9.17, 15) is 8.42 Å². The van der Waals surface area contributed by atoms with Crippen molar-refractivity contribution in [3.8, 4) is 11.5 Å². The molecule has 0 radical (unpaired) electrons. The van der Waals surface area contributed by atoms with Crippen LogP contribution in [-0.2, 0) is 10.2 Å². The van der Waals surface area contributed by atoms with Crippen LogP contribution >= 0.6 is 0 Å². The Hall–Kier alpha value is -1.31. The minimum absolute atomic E-state index is 0.0284. The molecule has 6 nitrogen and oxygen atoms in total. The van der Waals surface area contributed by atoms with Crippen LogP contribution < -0.4 is 14.2 Å². The molecule has 0 aromatic heterocycles. The number of nitrogens with one attached hydrogen (secondary N) is 1. The standard InChI is InChI=1S/C16H26N2O4S/c1-12-7-5-6-10-18(12)23(19,20)17-13(2)15-11-14(21-3)8-9-16(15)22-4/h8-9,11-13,17H,5-7,10H2,1-4H3/t12-,13-/m0/s1. The first-order valence-corrected chi connectivity index (χ1v) is 9.34. The molecule has 7 heteroatoms. The van der Waals surface area contributed by atoms with E-state index in [0.717, 1.165) is 24.8 Å². The molecule has 0 unspecified atom stereocenters. The average Bonchev–Trinajstić information content (AvgIpc) is 2.54. The minimum atomic E-state index is -3.54. The van der Waals surface area contributed by atoms with E-state index in [2.05, 4.69) is 4.72 Å². The predicted octanol–water partition coefficient (Wildman–Crippen LogP) is 2.47. The second kappa shape index (κ2) is 7.51. The van der Waals surface area contributed by atoms with Crippen molar-refractivity contribution >= 4 is 10.2 Å². The van der Waals surface area contributed by atoms with E-state index < -0.39 is 16.3 Å². The molecule has 0 amide bonds. The van der Waals surface area contributed by atoms with Crippen molar-refractivity contribution in [3.63, 3.8) is 0 Å². The van der Waals surface area contributed by atoms with Crippen LogP contribution in [0.4, 0.5) is 0 Å². The zero-order valence-corrected chi connectivity index (χ0v) is 15.0. The lowest BCUT2D eigenvalue weighted by molar-refractivity contribution is 0.264. The summed E-state index contributed by atoms with van der Waals surface area (Å²) in [6, 6.07) is 4.98. The molecule has 0 saturated carbocycles. The highest BCUT2D eigenvalue weighted by molar-refractivity contribution is 7.87. The van der Waals surface area contributed by atoms with Crippen LogP contribution in [0.2, 0.25) is 0 Å². The molecule has 0 bridgehead atoms. The highest BCUT2D eigenvalue weighted by Gasteiger charge is 2.31. The summed E-state index contributed by atoms with van der Waals surface area (Å²) in [5.41, 5.74) is 0.750. The fraction of sp³-hybridized carbons (Fsp3) is 0.625. The van der Waals surface area contributed by atoms with Gasteiger partial charge in [-0.3, -0.25) is 0 Å². The van der Waals surface area contributed by atoms with Crippen molar-refractivity contribution in [1.29, 1.82) is 0 Å². The normalized spacial score (nSPS) is 21.0. The van der Waals surface area contributed by atoms with Gasteiger partial charge in [0.05, 0.1) is 14.2 Å². The summed E-state index contributed by atoms with van der Waals surface area (Å²) in [4.78, 5) is 0. The molecular weight excluding hydrogens is 316 g/mol. The third-order valence-electron chi connectivity index (χ3n) is 4.28. The molecule has 1 heterocycles. The van der Waals surface area contributed by atoms with E-state index >= 15 is 0 Å². The second-order valence-electron chi connectivity index (χ2n) is 5.91. The molecule has 23 heavy (non-hydrogen) atoms. The quantitative estimate of drug-likeness (QED) is 0.862. The maximum Gasteiger partial charge on any atom is 0.280 e. The molecule has 130 valence electrons. The zero-order chi connectivity index (χ0) is 17.0. The third kappa shape index (κ3) is 4.16. The van der Waals surface area contributed by atoms with Gasteiger partial charge in [-0.1, -0.05) is 6.42 Å². The van der Waals surface area contributed by atoms with Crippen LogP contribution in [0.25, 0.3) is 0 Å². The van der Waals surface area contributed by atoms with Crippen LogP contribution in [-0.4, -0.2) is 39.5 Å². The summed E-state index contributed by atoms with van der Waals surface area (Å²) < 4.78 is 40.2. The van der Waals surface area contributed by atoms with E-state index in [-0.39, 0.29) is 6.04 Å². The maximum absolute atomic E-state index is 12.7. The number of rotatable bonds is 6. The van der Waals surface area contributed by atoms with Gasteiger partial charge in [-0.05, 0) is 44.9 Å². The van der Waals surface area contributed by atoms with Gasteiger partial charge in [0.25, 0.3) is 10.2 Å². The molecule has 1 N–H and O–H groups in total. The summed E-state index contributed by atoms with van der Waals surface area (Å²) in [5, 5.41) is 0. The highest BCUT2D eigenvalue weighted by atomic mass is 32.2. The molecule has 1 aliphatic heterocycles. The zero-order valence-electron chi connectivity index (χ0n) is 14.2. The number of piperidine rings is 1. The predicted molar refractivity (Wildman–Crippen MR) is 90.0 cm³/mol. The van der Waals surface area contributed by atoms with Gasteiger partial charge in [0, 0.05) is 24.2 Å². The summed E-state index contributed by atoms with van der Waals surface area (Å²) >= 11 is 0. The first kappa shape index (κ1) is 18.0. The van der Waals surface area contributed by atoms with Gasteiger partial charge >= 0.3 is 0 Å². The number of nitrogens with zero attached hydrogens (tertiary/aromatic N) is 1. The van der Waals surface area contributed by atoms with Crippen molar-refractivity contribution < 1.29 is 17.9 Å². The Balaban J connectivity index is 2.22. The summed E-state index contributed by atoms with van der Waals surface area (Å²) in [5.74, 6) is 1.30. The van der Waals surface area contributed by atoms with Gasteiger partial charge in [-0.25, -0.2) is 0 Å². The summed E-state index contributed by atoms with van der Waals surface area (Å²) in [6.45, 7) is 4.33. The van der Waals surface area contributed by atoms with Crippen LogP contribution in [0.1, 0.15) is 44.7 Å². The van der Waals surface area contributed by atoms with Crippen molar-refractivity contribution in [1.82, 2.24) is 9.03 Å². The molecule has 1 saturated heterocycles. The van der Waals surface area contributed by atoms with Gasteiger partial charge in [-0.15, -0.1) is 0 Å². The van der Waals surface area contributed by atoms with Gasteiger partial charge in [-0.2, -0.15) is 17.4 Å². The number of ether oxygens (including phenoxy) is 2. The van der Waals surface area contributed by atoms with Crippen LogP contribution in [0.5, 0.6) is 11.5 Å². The molecule has 0 spiro atoms. The minimum Gasteiger partial charge on any atom is -0.497 e. The number of methoxy groups -OCH3 is 2. The lowest BCUT2D eigenvalue weighted by atomic mass is 10.1. The topological polar surface area (TPSA) is 67.9 Å². The fourth-order valence-electron chi connectivity index (χ4n) is 2.96. The molecule has 1 aromatic carbocycles. The van der Waals surface area contributed by atoms with Crippen molar-refractivity contribution in [2.75, 3.05) is 20.8 Å². The van der Waals surface area contributed by atoms with Crippen molar-refractivity contribution in [3.05, 3.63) is 23.8 Å². The van der Waals surface area contributed by atoms with Gasteiger partial charge < -0.3 is 9.47 Å². The Morgan fingerprint density at radius 1 is 1.26 bits per heavy atom. The summed E-state index contributed by atoms with van der Waals surface area (Å²) in [7, 11) is -0.390. The molecule has 2 rings (SSSR count). The van der Waals surface area contributed by atoms with Gasteiger partial charge in [0.2, 0.25) is 0 Å². The highest BCUT2D eigenvalue weighted by Crippen LogP contribution is 2.30. The number of hydrogen-bond acceptors (Lipinski definition) is 4. The SMILES string of the molecule is COc1ccc(OC)c([C@H](C)NS(=O)(=O)N2CCCC[C@@H]2C)c1. The van der Waals surface area contributed by atoms with E-state index in [1.807, 2.05) is 13.8 Å². The first-order valence-electron chi connectivity index (χ1n) is 7.90. The maximum atomic E-state index is 12.7. The Morgan fingerprint density at radius 2 is 2.00 bits per heavy atom. The van der Waals surface area contributed by atoms with E-state index in [4.69, 9.17) is 9.47 Å². The third-order valence-corrected chi connectivity index (χ3v) is 6.09. The fourth-order valence-corrected chi connectivity index (χ4v) is 4.62. The number of benzene rings is 1. The lowest BCUT2D eigenvalue weighted by Gasteiger charge is -2.33. The molecule has 0 aliphatic carbocycles. The lowest BCUT2D eigenvalue weighted by Crippen LogP contribution is -2.48. The Bertz CT molecular complexity index is 633. The Kier molecular flexibility index (Phi) is 5.89. The van der Waals surface area contributed by atoms with Gasteiger partial charge in [0.15, 0.2) is 0 Å². The van der Waals surface area contributed by atoms with E-state index in [0.29, 0.717) is 18.0 Å². The Morgan fingerprint density at radius 3 is 2.61 bits per heavy atom. The Labute approximate surface area is 139 Å². The van der Waals surface area contributed by atoms with Crippen LogP contribution in [0.15, 0.2) is 18.2 Å². The van der Waals surface area contributed by atoms with Crippen molar-refractivity contribution in [2.45, 2.75) is 45.2 Å². The van der Waals surface area contributed by atoms with Crippen molar-refractivity contribution in [2.24, 2.45) is 0 Å². The molecule has 2 atom stereocenters. The molecule has 1 fully saturated rings. The second-order valence-corrected chi connectivity index (χ2v) is 7.56. The first-order chi connectivity index (χ1) is 10.9.